The van der Waals surface area contributed by atoms with Crippen LogP contribution in [-0.4, -0.2) is 11.6 Å². The third kappa shape index (κ3) is 3.36. The Morgan fingerprint density at radius 2 is 2.11 bits per heavy atom. The van der Waals surface area contributed by atoms with E-state index in [1.807, 2.05) is 26.8 Å². The molecule has 1 rings (SSSR count). The molecular weight excluding hydrogens is 266 g/mol. The fraction of sp³-hybridized carbons (Fsp3) is 0.500. The molecule has 2 N–H and O–H groups in total. The van der Waals surface area contributed by atoms with Gasteiger partial charge in [-0.15, -0.1) is 0 Å². The SMILES string of the molecule is CCOc1c(C)cc(Cl)c(C)c1C(C)CC(N)=S. The first-order valence-corrected chi connectivity index (χ1v) is 6.87. The van der Waals surface area contributed by atoms with E-state index in [2.05, 4.69) is 6.92 Å². The Kier molecular flexibility index (Phi) is 5.42. The summed E-state index contributed by atoms with van der Waals surface area (Å²) in [6.45, 7) is 8.73. The van der Waals surface area contributed by atoms with Gasteiger partial charge in [0.05, 0.1) is 11.6 Å². The van der Waals surface area contributed by atoms with Gasteiger partial charge < -0.3 is 10.5 Å². The predicted molar refractivity (Wildman–Crippen MR) is 81.9 cm³/mol. The molecule has 18 heavy (non-hydrogen) atoms. The van der Waals surface area contributed by atoms with E-state index < -0.39 is 0 Å². The molecule has 0 aliphatic heterocycles. The van der Waals surface area contributed by atoms with Gasteiger partial charge in [0.1, 0.15) is 5.75 Å². The fourth-order valence-corrected chi connectivity index (χ4v) is 2.72. The lowest BCUT2D eigenvalue weighted by Gasteiger charge is -2.21. The predicted octanol–water partition coefficient (Wildman–Crippen LogP) is 4.14. The Labute approximate surface area is 119 Å². The lowest BCUT2D eigenvalue weighted by molar-refractivity contribution is 0.332. The topological polar surface area (TPSA) is 35.2 Å². The first kappa shape index (κ1) is 15.3. The normalized spacial score (nSPS) is 12.3. The Balaban J connectivity index is 3.32. The van der Waals surface area contributed by atoms with Crippen molar-refractivity contribution in [3.63, 3.8) is 0 Å². The highest BCUT2D eigenvalue weighted by molar-refractivity contribution is 7.80. The summed E-state index contributed by atoms with van der Waals surface area (Å²) in [7, 11) is 0. The molecule has 0 aliphatic rings. The van der Waals surface area contributed by atoms with Crippen molar-refractivity contribution in [2.24, 2.45) is 5.73 Å². The van der Waals surface area contributed by atoms with E-state index in [-0.39, 0.29) is 5.92 Å². The van der Waals surface area contributed by atoms with Crippen molar-refractivity contribution >= 4 is 28.8 Å². The number of aryl methyl sites for hydroxylation is 1. The van der Waals surface area contributed by atoms with Crippen LogP contribution in [0.3, 0.4) is 0 Å². The maximum Gasteiger partial charge on any atom is 0.126 e. The van der Waals surface area contributed by atoms with Crippen LogP contribution in [-0.2, 0) is 0 Å². The Hall–Kier alpha value is -0.800. The fourth-order valence-electron chi connectivity index (χ4n) is 2.21. The van der Waals surface area contributed by atoms with Gasteiger partial charge in [0.25, 0.3) is 0 Å². The minimum absolute atomic E-state index is 0.210. The van der Waals surface area contributed by atoms with Crippen LogP contribution in [0.4, 0.5) is 0 Å². The summed E-state index contributed by atoms with van der Waals surface area (Å²) in [5, 5.41) is 0.765. The second kappa shape index (κ2) is 6.39. The molecule has 0 radical (unpaired) electrons. The van der Waals surface area contributed by atoms with E-state index >= 15 is 0 Å². The van der Waals surface area contributed by atoms with Crippen molar-refractivity contribution in [1.82, 2.24) is 0 Å². The summed E-state index contributed by atoms with van der Waals surface area (Å²) in [5.74, 6) is 1.13. The van der Waals surface area contributed by atoms with E-state index in [0.29, 0.717) is 18.0 Å². The number of rotatable bonds is 5. The van der Waals surface area contributed by atoms with Crippen LogP contribution in [0.15, 0.2) is 6.07 Å². The standard InChI is InChI=1S/C14H20ClNOS/c1-5-17-14-9(3)6-11(15)10(4)13(14)8(2)7-12(16)18/h6,8H,5,7H2,1-4H3,(H2,16,18). The Morgan fingerprint density at radius 1 is 1.50 bits per heavy atom. The molecule has 0 amide bonds. The second-order valence-electron chi connectivity index (χ2n) is 4.55. The lowest BCUT2D eigenvalue weighted by atomic mass is 9.91. The Morgan fingerprint density at radius 3 is 2.61 bits per heavy atom. The van der Waals surface area contributed by atoms with Crippen LogP contribution in [0.5, 0.6) is 5.75 Å². The van der Waals surface area contributed by atoms with Gasteiger partial charge >= 0.3 is 0 Å². The molecule has 4 heteroatoms. The largest absolute Gasteiger partial charge is 0.493 e. The zero-order valence-corrected chi connectivity index (χ0v) is 12.9. The molecule has 0 bridgehead atoms. The number of ether oxygens (including phenoxy) is 1. The van der Waals surface area contributed by atoms with Crippen molar-refractivity contribution in [2.75, 3.05) is 6.61 Å². The highest BCUT2D eigenvalue weighted by Crippen LogP contribution is 2.38. The summed E-state index contributed by atoms with van der Waals surface area (Å²) in [4.78, 5) is 0.516. The summed E-state index contributed by atoms with van der Waals surface area (Å²) < 4.78 is 5.76. The summed E-state index contributed by atoms with van der Waals surface area (Å²) >= 11 is 11.2. The van der Waals surface area contributed by atoms with Gasteiger partial charge in [-0.05, 0) is 43.9 Å². The van der Waals surface area contributed by atoms with E-state index in [0.717, 1.165) is 27.5 Å². The third-order valence-electron chi connectivity index (χ3n) is 3.00. The zero-order chi connectivity index (χ0) is 13.9. The molecule has 100 valence electrons. The van der Waals surface area contributed by atoms with Crippen LogP contribution in [0, 0.1) is 13.8 Å². The smallest absolute Gasteiger partial charge is 0.126 e. The minimum atomic E-state index is 0.210. The molecule has 0 spiro atoms. The summed E-state index contributed by atoms with van der Waals surface area (Å²) in [5.41, 5.74) is 8.86. The van der Waals surface area contributed by atoms with Gasteiger partial charge in [0.15, 0.2) is 0 Å². The number of benzene rings is 1. The minimum Gasteiger partial charge on any atom is -0.493 e. The third-order valence-corrected chi connectivity index (χ3v) is 3.56. The average molecular weight is 286 g/mol. The van der Waals surface area contributed by atoms with Crippen molar-refractivity contribution in [1.29, 1.82) is 0 Å². The first-order chi connectivity index (χ1) is 8.38. The van der Waals surface area contributed by atoms with Gasteiger partial charge in [-0.1, -0.05) is 30.7 Å². The molecule has 2 nitrogen and oxygen atoms in total. The molecule has 1 atom stereocenters. The summed E-state index contributed by atoms with van der Waals surface area (Å²) in [6, 6.07) is 1.94. The molecule has 1 aromatic carbocycles. The highest BCUT2D eigenvalue weighted by atomic mass is 35.5. The molecule has 0 aromatic heterocycles. The van der Waals surface area contributed by atoms with Crippen molar-refractivity contribution in [2.45, 2.75) is 40.0 Å². The molecule has 1 unspecified atom stereocenters. The quantitative estimate of drug-likeness (QED) is 0.826. The van der Waals surface area contributed by atoms with Crippen molar-refractivity contribution in [3.8, 4) is 5.75 Å². The van der Waals surface area contributed by atoms with Crippen LogP contribution in [0.2, 0.25) is 5.02 Å². The molecule has 0 saturated carbocycles. The molecule has 0 heterocycles. The second-order valence-corrected chi connectivity index (χ2v) is 5.48. The molecular formula is C14H20ClNOS. The van der Waals surface area contributed by atoms with Crippen LogP contribution in [0.1, 0.15) is 42.9 Å². The maximum atomic E-state index is 6.25. The number of thiocarbonyl (C=S) groups is 1. The number of hydrogen-bond donors (Lipinski definition) is 1. The number of nitrogens with two attached hydrogens (primary N) is 1. The molecule has 0 saturated heterocycles. The Bertz CT molecular complexity index is 460. The number of halogens is 1. The van der Waals surface area contributed by atoms with E-state index in [4.69, 9.17) is 34.3 Å². The highest BCUT2D eigenvalue weighted by Gasteiger charge is 2.19. The zero-order valence-electron chi connectivity index (χ0n) is 11.3. The van der Waals surface area contributed by atoms with Crippen LogP contribution in [0.25, 0.3) is 0 Å². The molecule has 0 fully saturated rings. The van der Waals surface area contributed by atoms with Crippen molar-refractivity contribution < 1.29 is 4.74 Å². The van der Waals surface area contributed by atoms with Gasteiger partial charge in [-0.3, -0.25) is 0 Å². The molecule has 1 aromatic rings. The van der Waals surface area contributed by atoms with E-state index in [1.54, 1.807) is 0 Å². The van der Waals surface area contributed by atoms with Gasteiger partial charge in [0.2, 0.25) is 0 Å². The average Bonchev–Trinajstić information content (AvgIpc) is 2.25. The van der Waals surface area contributed by atoms with Crippen LogP contribution < -0.4 is 10.5 Å². The van der Waals surface area contributed by atoms with E-state index in [9.17, 15) is 0 Å². The van der Waals surface area contributed by atoms with Gasteiger partial charge in [-0.25, -0.2) is 0 Å². The van der Waals surface area contributed by atoms with Crippen molar-refractivity contribution in [3.05, 3.63) is 27.8 Å². The summed E-state index contributed by atoms with van der Waals surface area (Å²) in [6.07, 6.45) is 0.663. The molecule has 0 aliphatic carbocycles. The van der Waals surface area contributed by atoms with Gasteiger partial charge in [-0.2, -0.15) is 0 Å². The number of hydrogen-bond acceptors (Lipinski definition) is 2. The monoisotopic (exact) mass is 285 g/mol. The first-order valence-electron chi connectivity index (χ1n) is 6.09. The van der Waals surface area contributed by atoms with E-state index in [1.165, 1.54) is 0 Å². The maximum absolute atomic E-state index is 6.25. The van der Waals surface area contributed by atoms with Gasteiger partial charge in [0, 0.05) is 17.0 Å². The van der Waals surface area contributed by atoms with Crippen LogP contribution >= 0.6 is 23.8 Å². The lowest BCUT2D eigenvalue weighted by Crippen LogP contribution is -2.13.